The Balaban J connectivity index is 0.000000219. The molecule has 5 aromatic rings. The minimum absolute atomic E-state index is 0.111. The molecular weight excluding hydrogens is 1390 g/mol. The fourth-order valence-electron chi connectivity index (χ4n) is 5.89. The lowest BCUT2D eigenvalue weighted by atomic mass is 9.88. The molecule has 0 bridgehead atoms. The lowest BCUT2D eigenvalue weighted by molar-refractivity contribution is 0.0579. The SMILES string of the molecule is C1CCOC1.C=C(C)CNc1cc(Br)ncc1I.CC(C)(C)OC(=O)N1CC(C)(C)c2cnc(Br)cc21.CC1(C)CNc2cc(Br)ncc21.Nc1cc(Br)ncc1I.Nc1ccnc(Br)c1. The topological polar surface area (TPSA) is 179 Å². The van der Waals surface area contributed by atoms with Crippen LogP contribution in [0.1, 0.15) is 79.4 Å². The van der Waals surface area contributed by atoms with E-state index in [0.717, 1.165) is 90.3 Å². The van der Waals surface area contributed by atoms with Crippen molar-refractivity contribution in [3.63, 3.8) is 0 Å². The van der Waals surface area contributed by atoms with Gasteiger partial charge in [0.05, 0.1) is 18.5 Å². The number of ether oxygens (including phenoxy) is 2. The van der Waals surface area contributed by atoms with Gasteiger partial charge in [0.25, 0.3) is 0 Å². The number of carbonyl (C=O) groups is 1. The van der Waals surface area contributed by atoms with Gasteiger partial charge in [0.15, 0.2) is 0 Å². The average molecular weight is 1450 g/mol. The molecule has 8 heterocycles. The van der Waals surface area contributed by atoms with Crippen LogP contribution in [0, 0.1) is 7.14 Å². The van der Waals surface area contributed by atoms with Crippen LogP contribution < -0.4 is 27.0 Å². The molecular formula is C46H57Br5I2N10O3. The molecule has 0 unspecified atom stereocenters. The summed E-state index contributed by atoms with van der Waals surface area (Å²) in [5.74, 6) is 0. The van der Waals surface area contributed by atoms with E-state index < -0.39 is 5.60 Å². The molecule has 5 aromatic heterocycles. The van der Waals surface area contributed by atoms with Crippen LogP contribution in [0.2, 0.25) is 0 Å². The fourth-order valence-corrected chi connectivity index (χ4v) is 8.38. The number of rotatable bonds is 3. The third-order valence-electron chi connectivity index (χ3n) is 9.19. The highest BCUT2D eigenvalue weighted by Crippen LogP contribution is 2.41. The lowest BCUT2D eigenvalue weighted by Crippen LogP contribution is -2.38. The van der Waals surface area contributed by atoms with Crippen molar-refractivity contribution in [3.05, 3.63) is 121 Å². The minimum Gasteiger partial charge on any atom is -0.443 e. The van der Waals surface area contributed by atoms with Crippen LogP contribution in [0.25, 0.3) is 0 Å². The van der Waals surface area contributed by atoms with E-state index in [1.54, 1.807) is 35.5 Å². The molecule has 358 valence electrons. The van der Waals surface area contributed by atoms with Gasteiger partial charge < -0.3 is 31.6 Å². The Labute approximate surface area is 459 Å². The third kappa shape index (κ3) is 20.4. The highest BCUT2D eigenvalue weighted by molar-refractivity contribution is 14.1. The quantitative estimate of drug-likeness (QED) is 0.0764. The molecule has 3 aliphatic heterocycles. The molecule has 6 N–H and O–H groups in total. The second kappa shape index (κ2) is 27.2. The number of hydrogen-bond acceptors (Lipinski definition) is 12. The van der Waals surface area contributed by atoms with Gasteiger partial charge in [-0.2, -0.15) is 0 Å². The Bertz CT molecular complexity index is 2380. The Kier molecular flexibility index (Phi) is 24.0. The first kappa shape index (κ1) is 58.1. The van der Waals surface area contributed by atoms with E-state index in [2.05, 4.69) is 195 Å². The molecule has 1 fully saturated rings. The fraction of sp³-hybridized carbons (Fsp3) is 0.391. The summed E-state index contributed by atoms with van der Waals surface area (Å²) in [7, 11) is 0. The number of nitrogens with one attached hydrogen (secondary N) is 2. The van der Waals surface area contributed by atoms with Crippen LogP contribution in [0.15, 0.2) is 103 Å². The number of aromatic nitrogens is 5. The summed E-state index contributed by atoms with van der Waals surface area (Å²) in [6.45, 7) is 24.5. The zero-order valence-electron chi connectivity index (χ0n) is 38.2. The van der Waals surface area contributed by atoms with Crippen molar-refractivity contribution < 1.29 is 14.3 Å². The van der Waals surface area contributed by atoms with Crippen molar-refractivity contribution in [2.24, 2.45) is 0 Å². The second-order valence-electron chi connectivity index (χ2n) is 17.3. The van der Waals surface area contributed by atoms with E-state index in [9.17, 15) is 4.79 Å². The van der Waals surface area contributed by atoms with E-state index in [0.29, 0.717) is 6.54 Å². The Morgan fingerprint density at radius 3 is 1.88 bits per heavy atom. The maximum absolute atomic E-state index is 12.3. The van der Waals surface area contributed by atoms with E-state index in [4.69, 9.17) is 20.9 Å². The predicted octanol–water partition coefficient (Wildman–Crippen LogP) is 14.1. The van der Waals surface area contributed by atoms with Crippen LogP contribution in [-0.2, 0) is 20.3 Å². The lowest BCUT2D eigenvalue weighted by Gasteiger charge is -2.25. The summed E-state index contributed by atoms with van der Waals surface area (Å²) in [6.07, 6.45) is 11.2. The van der Waals surface area contributed by atoms with Crippen molar-refractivity contribution in [2.75, 3.05) is 59.8 Å². The molecule has 0 spiro atoms. The number of anilines is 5. The molecule has 1 amide bonds. The van der Waals surface area contributed by atoms with Gasteiger partial charge in [-0.25, -0.2) is 29.7 Å². The summed E-state index contributed by atoms with van der Waals surface area (Å²) < 4.78 is 16.5. The first-order chi connectivity index (χ1) is 30.8. The largest absolute Gasteiger partial charge is 0.443 e. The van der Waals surface area contributed by atoms with Crippen LogP contribution in [-0.4, -0.2) is 69.5 Å². The van der Waals surface area contributed by atoms with Gasteiger partial charge in [-0.15, -0.1) is 0 Å². The maximum atomic E-state index is 12.3. The average Bonchev–Trinajstić information content (AvgIpc) is 3.96. The number of nitrogen functional groups attached to an aromatic ring is 2. The first-order valence-corrected chi connectivity index (χ1v) is 26.7. The van der Waals surface area contributed by atoms with E-state index >= 15 is 0 Å². The van der Waals surface area contributed by atoms with Crippen molar-refractivity contribution in [1.29, 1.82) is 0 Å². The Morgan fingerprint density at radius 1 is 0.818 bits per heavy atom. The van der Waals surface area contributed by atoms with Gasteiger partial charge in [0.1, 0.15) is 28.6 Å². The molecule has 66 heavy (non-hydrogen) atoms. The van der Waals surface area contributed by atoms with E-state index in [1.807, 2.05) is 64.5 Å². The second-order valence-corrected chi connectivity index (χ2v) is 23.7. The zero-order valence-corrected chi connectivity index (χ0v) is 50.5. The van der Waals surface area contributed by atoms with Gasteiger partial charge in [0.2, 0.25) is 0 Å². The van der Waals surface area contributed by atoms with Crippen molar-refractivity contribution in [2.45, 2.75) is 84.7 Å². The monoisotopic (exact) mass is 1450 g/mol. The molecule has 0 saturated carbocycles. The van der Waals surface area contributed by atoms with Gasteiger partial charge in [-0.3, -0.25) is 4.90 Å². The van der Waals surface area contributed by atoms with Gasteiger partial charge in [-0.05, 0) is 202 Å². The molecule has 0 radical (unpaired) electrons. The molecule has 20 heteroatoms. The predicted molar refractivity (Wildman–Crippen MR) is 305 cm³/mol. The number of carbonyl (C=O) groups excluding carboxylic acids is 1. The minimum atomic E-state index is -0.492. The summed E-state index contributed by atoms with van der Waals surface area (Å²) in [4.78, 5) is 34.4. The molecule has 8 rings (SSSR count). The smallest absolute Gasteiger partial charge is 0.414 e. The number of pyridine rings is 5. The third-order valence-corrected chi connectivity index (χ3v) is 13.1. The number of hydrogen-bond donors (Lipinski definition) is 4. The Morgan fingerprint density at radius 2 is 1.36 bits per heavy atom. The number of amides is 1. The normalized spacial score (nSPS) is 14.5. The van der Waals surface area contributed by atoms with Crippen molar-refractivity contribution in [3.8, 4) is 0 Å². The first-order valence-electron chi connectivity index (χ1n) is 20.5. The highest BCUT2D eigenvalue weighted by atomic mass is 127. The molecule has 0 aliphatic carbocycles. The van der Waals surface area contributed by atoms with Crippen LogP contribution in [0.4, 0.5) is 33.2 Å². The molecule has 0 aromatic carbocycles. The van der Waals surface area contributed by atoms with Crippen LogP contribution in [0.3, 0.4) is 0 Å². The summed E-state index contributed by atoms with van der Waals surface area (Å²) in [6, 6.07) is 11.1. The molecule has 0 atom stereocenters. The number of nitrogens with two attached hydrogens (primary N) is 2. The van der Waals surface area contributed by atoms with Gasteiger partial charge in [0, 0.05) is 103 Å². The zero-order chi connectivity index (χ0) is 49.4. The van der Waals surface area contributed by atoms with Crippen molar-refractivity contribution in [1.82, 2.24) is 24.9 Å². The van der Waals surface area contributed by atoms with Gasteiger partial charge >= 0.3 is 6.09 Å². The maximum Gasteiger partial charge on any atom is 0.414 e. The van der Waals surface area contributed by atoms with Crippen molar-refractivity contribution >= 4 is 159 Å². The standard InChI is InChI=1S/C14H19BrN2O2.C9H10BrIN2.C9H11BrN2.C5H4BrIN2.C5H5BrN2.C4H8O/c1-13(2,3)19-12(18)17-8-14(4,5)9-7-16-11(15)6-10(9)17;1-6(2)4-12-8-3-9(10)13-5-7(8)11;1-9(2)5-12-7-3-8(10)11-4-6(7)9;6-5-1-4(8)3(7)2-9-5;6-5-3-4(7)1-2-8-5;1-2-4-5-3-1/h6-7H,8H2,1-5H3;3,5H,1,4H2,2H3,(H,12,13);3-4,12H,5H2,1-2H3;1-2H,(H2,8,9);1-3H,(H2,7,8);1-4H2. The number of fused-ring (bicyclic) bond motifs is 2. The molecule has 3 aliphatic rings. The Hall–Kier alpha value is -2.22. The van der Waals surface area contributed by atoms with Crippen LogP contribution >= 0.6 is 125 Å². The van der Waals surface area contributed by atoms with Gasteiger partial charge in [-0.1, -0.05) is 39.8 Å². The highest BCUT2D eigenvalue weighted by Gasteiger charge is 2.40. The summed E-state index contributed by atoms with van der Waals surface area (Å²) >= 11 is 20.8. The number of halogens is 7. The summed E-state index contributed by atoms with van der Waals surface area (Å²) in [5, 5.41) is 6.64. The molecule has 13 nitrogen and oxygen atoms in total. The van der Waals surface area contributed by atoms with E-state index in [1.165, 1.54) is 24.1 Å². The molecule has 1 saturated heterocycles. The summed E-state index contributed by atoms with van der Waals surface area (Å²) in [5.41, 5.74) is 18.7. The number of nitrogens with zero attached hydrogens (tertiary/aromatic N) is 6. The van der Waals surface area contributed by atoms with Crippen LogP contribution in [0.5, 0.6) is 0 Å². The van der Waals surface area contributed by atoms with E-state index in [-0.39, 0.29) is 16.9 Å².